The van der Waals surface area contributed by atoms with Gasteiger partial charge in [-0.3, -0.25) is 0 Å². The highest BCUT2D eigenvalue weighted by Gasteiger charge is 2.26. The zero-order valence-electron chi connectivity index (χ0n) is 16.7. The lowest BCUT2D eigenvalue weighted by molar-refractivity contribution is 0.0576. The summed E-state index contributed by atoms with van der Waals surface area (Å²) in [5.41, 5.74) is 4.98. The molecule has 4 nitrogen and oxygen atoms in total. The minimum Gasteiger partial charge on any atom is -0.377 e. The maximum Gasteiger partial charge on any atom is 0.173 e. The van der Waals surface area contributed by atoms with Gasteiger partial charge in [0.2, 0.25) is 0 Å². The Balaban J connectivity index is 1.50. The fourth-order valence-corrected chi connectivity index (χ4v) is 4.62. The summed E-state index contributed by atoms with van der Waals surface area (Å²) in [6.07, 6.45) is 5.20. The Hall–Kier alpha value is -1.17. The third-order valence-corrected chi connectivity index (χ3v) is 6.16. The van der Waals surface area contributed by atoms with E-state index in [1.165, 1.54) is 35.2 Å². The third kappa shape index (κ3) is 4.76. The molecule has 0 bridgehead atoms. The van der Waals surface area contributed by atoms with Crippen LogP contribution in [0.5, 0.6) is 0 Å². The van der Waals surface area contributed by atoms with E-state index in [0.717, 1.165) is 44.2 Å². The van der Waals surface area contributed by atoms with E-state index in [1.54, 1.807) is 0 Å². The average molecular weight is 376 g/mol. The van der Waals surface area contributed by atoms with Crippen LogP contribution in [0.4, 0.5) is 5.69 Å². The SMILES string of the molecule is Cc1cc(C)c(NC(=S)N2CCC(N(C)C[C@@H]3CCCO3)CC2)c(C)c1. The van der Waals surface area contributed by atoms with Crippen LogP contribution in [-0.4, -0.2) is 60.3 Å². The number of benzene rings is 1. The number of rotatable bonds is 4. The first-order valence-corrected chi connectivity index (χ1v) is 10.3. The lowest BCUT2D eigenvalue weighted by atomic mass is 10.0. The largest absolute Gasteiger partial charge is 0.377 e. The van der Waals surface area contributed by atoms with Crippen molar-refractivity contribution in [3.8, 4) is 0 Å². The number of aryl methyl sites for hydroxylation is 3. The molecule has 1 atom stereocenters. The Morgan fingerprint density at radius 1 is 1.19 bits per heavy atom. The van der Waals surface area contributed by atoms with Gasteiger partial charge >= 0.3 is 0 Å². The number of thiocarbonyl (C=S) groups is 1. The molecule has 0 aromatic heterocycles. The topological polar surface area (TPSA) is 27.7 Å². The Morgan fingerprint density at radius 2 is 1.85 bits per heavy atom. The van der Waals surface area contributed by atoms with Gasteiger partial charge < -0.3 is 19.9 Å². The highest BCUT2D eigenvalue weighted by Crippen LogP contribution is 2.24. The summed E-state index contributed by atoms with van der Waals surface area (Å²) in [6, 6.07) is 5.06. The Kier molecular flexibility index (Phi) is 6.54. The van der Waals surface area contributed by atoms with Gasteiger partial charge in [-0.15, -0.1) is 0 Å². The molecule has 5 heteroatoms. The molecular weight excluding hydrogens is 342 g/mol. The van der Waals surface area contributed by atoms with Gasteiger partial charge in [0, 0.05) is 38.0 Å². The molecule has 0 aliphatic carbocycles. The molecule has 3 rings (SSSR count). The number of hydrogen-bond acceptors (Lipinski definition) is 3. The van der Waals surface area contributed by atoms with Crippen LogP contribution >= 0.6 is 12.2 Å². The van der Waals surface area contributed by atoms with E-state index >= 15 is 0 Å². The van der Waals surface area contributed by atoms with E-state index in [0.29, 0.717) is 12.1 Å². The zero-order valence-corrected chi connectivity index (χ0v) is 17.5. The van der Waals surface area contributed by atoms with Crippen molar-refractivity contribution in [3.63, 3.8) is 0 Å². The molecule has 2 aliphatic heterocycles. The number of hydrogen-bond donors (Lipinski definition) is 1. The second-order valence-corrected chi connectivity index (χ2v) is 8.38. The van der Waals surface area contributed by atoms with Crippen molar-refractivity contribution in [2.24, 2.45) is 0 Å². The number of piperidine rings is 1. The van der Waals surface area contributed by atoms with E-state index in [9.17, 15) is 0 Å². The predicted octanol–water partition coefficient (Wildman–Crippen LogP) is 3.88. The number of nitrogens with one attached hydrogen (secondary N) is 1. The maximum absolute atomic E-state index is 5.79. The molecule has 1 aromatic rings. The van der Waals surface area contributed by atoms with Crippen molar-refractivity contribution in [3.05, 3.63) is 28.8 Å². The van der Waals surface area contributed by atoms with Crippen molar-refractivity contribution in [2.75, 3.05) is 38.6 Å². The standard InChI is InChI=1S/C21H33N3OS/c1-15-12-16(2)20(17(3)13-15)22-21(26)24-9-7-18(8-10-24)23(4)14-19-6-5-11-25-19/h12-13,18-19H,5-11,14H2,1-4H3,(H,22,26)/t19-/m0/s1. The first kappa shape index (κ1) is 19.6. The summed E-state index contributed by atoms with van der Waals surface area (Å²) in [6.45, 7) is 10.5. The van der Waals surface area contributed by atoms with E-state index in [1.807, 2.05) is 0 Å². The van der Waals surface area contributed by atoms with Gasteiger partial charge in [-0.25, -0.2) is 0 Å². The van der Waals surface area contributed by atoms with E-state index < -0.39 is 0 Å². The van der Waals surface area contributed by atoms with Gasteiger partial charge in [0.15, 0.2) is 5.11 Å². The zero-order chi connectivity index (χ0) is 18.7. The van der Waals surface area contributed by atoms with Gasteiger partial charge in [-0.05, 0) is 76.8 Å². The molecule has 2 heterocycles. The first-order chi connectivity index (χ1) is 12.4. The minimum atomic E-state index is 0.438. The summed E-state index contributed by atoms with van der Waals surface area (Å²) in [4.78, 5) is 4.82. The Bertz CT molecular complexity index is 611. The molecule has 0 amide bonds. The van der Waals surface area contributed by atoms with Crippen LogP contribution in [0.3, 0.4) is 0 Å². The van der Waals surface area contributed by atoms with Crippen LogP contribution in [0.15, 0.2) is 12.1 Å². The molecule has 0 spiro atoms. The molecule has 144 valence electrons. The van der Waals surface area contributed by atoms with Crippen LogP contribution in [0.2, 0.25) is 0 Å². The third-order valence-electron chi connectivity index (χ3n) is 5.80. The van der Waals surface area contributed by atoms with Crippen molar-refractivity contribution in [1.29, 1.82) is 0 Å². The lowest BCUT2D eigenvalue weighted by Gasteiger charge is -2.38. The molecule has 0 saturated carbocycles. The maximum atomic E-state index is 5.79. The Morgan fingerprint density at radius 3 is 2.42 bits per heavy atom. The number of likely N-dealkylation sites (N-methyl/N-ethyl adjacent to an activating group) is 1. The van der Waals surface area contributed by atoms with Crippen LogP contribution in [-0.2, 0) is 4.74 Å². The highest BCUT2D eigenvalue weighted by atomic mass is 32.1. The Labute approximate surface area is 163 Å². The molecular formula is C21H33N3OS. The minimum absolute atomic E-state index is 0.438. The summed E-state index contributed by atoms with van der Waals surface area (Å²) in [5, 5.41) is 4.36. The van der Waals surface area contributed by atoms with Crippen molar-refractivity contribution in [2.45, 2.75) is 58.6 Å². The number of likely N-dealkylation sites (tertiary alicyclic amines) is 1. The predicted molar refractivity (Wildman–Crippen MR) is 113 cm³/mol. The number of anilines is 1. The van der Waals surface area contributed by atoms with Crippen molar-refractivity contribution >= 4 is 23.0 Å². The molecule has 0 unspecified atom stereocenters. The second-order valence-electron chi connectivity index (χ2n) is 8.00. The fourth-order valence-electron chi connectivity index (χ4n) is 4.33. The van der Waals surface area contributed by atoms with Crippen LogP contribution < -0.4 is 5.32 Å². The van der Waals surface area contributed by atoms with Crippen LogP contribution in [0, 0.1) is 20.8 Å². The summed E-state index contributed by atoms with van der Waals surface area (Å²) in [7, 11) is 2.25. The van der Waals surface area contributed by atoms with Gasteiger partial charge in [0.05, 0.1) is 6.10 Å². The van der Waals surface area contributed by atoms with Gasteiger partial charge in [-0.2, -0.15) is 0 Å². The lowest BCUT2D eigenvalue weighted by Crippen LogP contribution is -2.48. The first-order valence-electron chi connectivity index (χ1n) is 9.89. The number of nitrogens with zero attached hydrogens (tertiary/aromatic N) is 2. The molecule has 26 heavy (non-hydrogen) atoms. The van der Waals surface area contributed by atoms with Crippen molar-refractivity contribution in [1.82, 2.24) is 9.80 Å². The quantitative estimate of drug-likeness (QED) is 0.806. The smallest absolute Gasteiger partial charge is 0.173 e. The van der Waals surface area contributed by atoms with Gasteiger partial charge in [-0.1, -0.05) is 17.7 Å². The molecule has 0 radical (unpaired) electrons. The molecule has 2 aliphatic rings. The monoisotopic (exact) mass is 375 g/mol. The fraction of sp³-hybridized carbons (Fsp3) is 0.667. The molecule has 1 N–H and O–H groups in total. The van der Waals surface area contributed by atoms with E-state index in [4.69, 9.17) is 17.0 Å². The molecule has 2 fully saturated rings. The second kappa shape index (κ2) is 8.68. The normalized spacial score (nSPS) is 21.4. The number of ether oxygens (including phenoxy) is 1. The summed E-state index contributed by atoms with van der Waals surface area (Å²) in [5.74, 6) is 0. The summed E-state index contributed by atoms with van der Waals surface area (Å²) < 4.78 is 5.79. The average Bonchev–Trinajstić information content (AvgIpc) is 3.11. The highest BCUT2D eigenvalue weighted by molar-refractivity contribution is 7.80. The molecule has 1 aromatic carbocycles. The van der Waals surface area contributed by atoms with Crippen LogP contribution in [0.25, 0.3) is 0 Å². The van der Waals surface area contributed by atoms with Gasteiger partial charge in [0.1, 0.15) is 0 Å². The van der Waals surface area contributed by atoms with E-state index in [-0.39, 0.29) is 0 Å². The van der Waals surface area contributed by atoms with Crippen molar-refractivity contribution < 1.29 is 4.74 Å². The van der Waals surface area contributed by atoms with E-state index in [2.05, 4.69) is 55.1 Å². The van der Waals surface area contributed by atoms with Crippen LogP contribution in [0.1, 0.15) is 42.4 Å². The van der Waals surface area contributed by atoms with Gasteiger partial charge in [0.25, 0.3) is 0 Å². The summed E-state index contributed by atoms with van der Waals surface area (Å²) >= 11 is 5.71. The molecule has 2 saturated heterocycles.